The van der Waals surface area contributed by atoms with E-state index in [4.69, 9.17) is 0 Å². The Labute approximate surface area is 217 Å². The molecule has 0 heterocycles. The molecular formula is C22H18N2O11S3. The van der Waals surface area contributed by atoms with Crippen LogP contribution in [0, 0.1) is 10.1 Å². The lowest BCUT2D eigenvalue weighted by molar-refractivity contribution is -0.387. The smallest absolute Gasteiger partial charge is 0.295 e. The molecule has 16 heteroatoms. The fraction of sp³-hybridized carbons (Fsp3) is 0.0455. The Kier molecular flexibility index (Phi) is 7.85. The molecule has 13 nitrogen and oxygen atoms in total. The lowest BCUT2D eigenvalue weighted by Gasteiger charge is -2.10. The van der Waals surface area contributed by atoms with Crippen molar-refractivity contribution in [2.75, 3.05) is 11.6 Å². The highest BCUT2D eigenvalue weighted by molar-refractivity contribution is 7.90. The molecule has 3 rings (SSSR count). The molecule has 0 aliphatic heterocycles. The van der Waals surface area contributed by atoms with E-state index in [0.717, 1.165) is 42.7 Å². The maximum atomic E-state index is 12.6. The van der Waals surface area contributed by atoms with Gasteiger partial charge >= 0.3 is 0 Å². The summed E-state index contributed by atoms with van der Waals surface area (Å²) in [4.78, 5) is 21.3. The van der Waals surface area contributed by atoms with Crippen molar-refractivity contribution in [3.8, 4) is 0 Å². The molecule has 0 saturated carbocycles. The van der Waals surface area contributed by atoms with Crippen LogP contribution in [0.25, 0.3) is 12.2 Å². The van der Waals surface area contributed by atoms with Crippen LogP contribution in [0.1, 0.15) is 21.5 Å². The highest BCUT2D eigenvalue weighted by Crippen LogP contribution is 2.27. The summed E-state index contributed by atoms with van der Waals surface area (Å²) in [5, 5.41) is 13.6. The van der Waals surface area contributed by atoms with Crippen molar-refractivity contribution in [1.29, 1.82) is 0 Å². The summed E-state index contributed by atoms with van der Waals surface area (Å²) in [5.41, 5.74) is -1.36. The Hall–Kier alpha value is -3.96. The van der Waals surface area contributed by atoms with Gasteiger partial charge in [0.05, 0.1) is 4.92 Å². The molecular weight excluding hydrogens is 564 g/mol. The Morgan fingerprint density at radius 2 is 1.39 bits per heavy atom. The molecule has 3 aromatic rings. The van der Waals surface area contributed by atoms with Crippen LogP contribution >= 0.6 is 0 Å². The first-order chi connectivity index (χ1) is 17.5. The van der Waals surface area contributed by atoms with Crippen molar-refractivity contribution in [3.63, 3.8) is 0 Å². The average molecular weight is 583 g/mol. The monoisotopic (exact) mass is 582 g/mol. The van der Waals surface area contributed by atoms with E-state index in [-0.39, 0.29) is 22.4 Å². The number of benzene rings is 3. The SMILES string of the molecule is CS(=O)(=O)c1ccc(C(=O)Nc2ccc(/C=C/c3ccccc3S(=O)(=O)O)c(S(=O)(=O)O)c2)cc1[N+](=O)[O-]. The number of anilines is 1. The van der Waals surface area contributed by atoms with Crippen LogP contribution in [0.3, 0.4) is 0 Å². The van der Waals surface area contributed by atoms with Crippen LogP contribution in [0.15, 0.2) is 75.4 Å². The van der Waals surface area contributed by atoms with E-state index in [1.165, 1.54) is 36.4 Å². The number of carbonyl (C=O) groups excluding carboxylic acids is 1. The van der Waals surface area contributed by atoms with Gasteiger partial charge in [0.25, 0.3) is 31.8 Å². The van der Waals surface area contributed by atoms with Crippen LogP contribution < -0.4 is 5.32 Å². The van der Waals surface area contributed by atoms with Gasteiger partial charge in [0.1, 0.15) is 14.7 Å². The highest BCUT2D eigenvalue weighted by Gasteiger charge is 2.24. The first-order valence-electron chi connectivity index (χ1n) is 10.1. The predicted molar refractivity (Wildman–Crippen MR) is 136 cm³/mol. The van der Waals surface area contributed by atoms with Crippen molar-refractivity contribution < 1.29 is 44.1 Å². The number of hydrogen-bond acceptors (Lipinski definition) is 9. The summed E-state index contributed by atoms with van der Waals surface area (Å²) >= 11 is 0. The zero-order valence-electron chi connectivity index (χ0n) is 19.2. The standard InChI is InChI=1S/C22H18N2O11S3/c1-36(28,29)20-11-9-16(12-18(20)24(26)27)22(25)23-17-10-8-15(21(13-17)38(33,34)35)7-6-14-4-2-3-5-19(14)37(30,31)32/h2-13H,1H3,(H,23,25)(H,30,31,32)(H,33,34,35)/b7-6+. The Morgan fingerprint density at radius 3 is 1.95 bits per heavy atom. The topological polar surface area (TPSA) is 215 Å². The molecule has 0 bridgehead atoms. The molecule has 1 amide bonds. The second-order valence-electron chi connectivity index (χ2n) is 7.74. The molecule has 0 atom stereocenters. The molecule has 0 aromatic heterocycles. The summed E-state index contributed by atoms with van der Waals surface area (Å²) in [5.74, 6) is -0.945. The fourth-order valence-corrected chi connectivity index (χ4v) is 5.55. The summed E-state index contributed by atoms with van der Waals surface area (Å²) < 4.78 is 89.7. The van der Waals surface area contributed by atoms with E-state index >= 15 is 0 Å². The third-order valence-electron chi connectivity index (χ3n) is 5.01. The van der Waals surface area contributed by atoms with Gasteiger partial charge in [-0.1, -0.05) is 36.4 Å². The Morgan fingerprint density at radius 1 is 0.816 bits per heavy atom. The number of amides is 1. The first-order valence-corrected chi connectivity index (χ1v) is 14.9. The van der Waals surface area contributed by atoms with Crippen LogP contribution in [-0.2, 0) is 30.1 Å². The quantitative estimate of drug-likeness (QED) is 0.152. The molecule has 0 aliphatic carbocycles. The fourth-order valence-electron chi connectivity index (χ4n) is 3.32. The molecule has 200 valence electrons. The van der Waals surface area contributed by atoms with E-state index in [0.29, 0.717) is 0 Å². The van der Waals surface area contributed by atoms with Gasteiger partial charge in [0.2, 0.25) is 0 Å². The molecule has 0 fully saturated rings. The number of nitro groups is 1. The van der Waals surface area contributed by atoms with E-state index in [9.17, 15) is 49.3 Å². The van der Waals surface area contributed by atoms with Crippen molar-refractivity contribution in [1.82, 2.24) is 0 Å². The Bertz CT molecular complexity index is 1810. The summed E-state index contributed by atoms with van der Waals surface area (Å²) in [7, 11) is -13.4. The molecule has 3 aromatic carbocycles. The minimum Gasteiger partial charge on any atom is -0.322 e. The molecule has 0 saturated heterocycles. The number of sulfone groups is 1. The normalized spacial score (nSPS) is 12.4. The van der Waals surface area contributed by atoms with Crippen molar-refractivity contribution in [2.45, 2.75) is 14.7 Å². The molecule has 0 spiro atoms. The molecule has 0 aliphatic rings. The van der Waals surface area contributed by atoms with Crippen LogP contribution in [0.2, 0.25) is 0 Å². The van der Waals surface area contributed by atoms with Crippen molar-refractivity contribution in [3.05, 3.63) is 87.5 Å². The third kappa shape index (κ3) is 6.67. The zero-order chi connectivity index (χ0) is 28.5. The summed E-state index contributed by atoms with van der Waals surface area (Å²) in [6, 6.07) is 11.3. The molecule has 0 radical (unpaired) electrons. The van der Waals surface area contributed by atoms with Gasteiger partial charge in [0.15, 0.2) is 9.84 Å². The first kappa shape index (κ1) is 28.6. The maximum Gasteiger partial charge on any atom is 0.295 e. The van der Waals surface area contributed by atoms with E-state index in [2.05, 4.69) is 5.32 Å². The molecule has 38 heavy (non-hydrogen) atoms. The average Bonchev–Trinajstić information content (AvgIpc) is 2.81. The van der Waals surface area contributed by atoms with E-state index < -0.39 is 61.3 Å². The third-order valence-corrected chi connectivity index (χ3v) is 7.99. The van der Waals surface area contributed by atoms with Gasteiger partial charge < -0.3 is 5.32 Å². The van der Waals surface area contributed by atoms with Gasteiger partial charge in [-0.25, -0.2) is 8.42 Å². The summed E-state index contributed by atoms with van der Waals surface area (Å²) in [6.07, 6.45) is 3.11. The van der Waals surface area contributed by atoms with Crippen LogP contribution in [0.4, 0.5) is 11.4 Å². The van der Waals surface area contributed by atoms with Crippen molar-refractivity contribution in [2.24, 2.45) is 0 Å². The van der Waals surface area contributed by atoms with Gasteiger partial charge in [-0.2, -0.15) is 16.8 Å². The van der Waals surface area contributed by atoms with Gasteiger partial charge in [-0.05, 0) is 41.5 Å². The molecule has 3 N–H and O–H groups in total. The number of nitro benzene ring substituents is 1. The van der Waals surface area contributed by atoms with Crippen LogP contribution in [0.5, 0.6) is 0 Å². The molecule has 0 unspecified atom stereocenters. The predicted octanol–water partition coefficient (Wildman–Crippen LogP) is 2.91. The Balaban J connectivity index is 1.99. The van der Waals surface area contributed by atoms with E-state index in [1.54, 1.807) is 0 Å². The van der Waals surface area contributed by atoms with Gasteiger partial charge in [-0.3, -0.25) is 24.0 Å². The maximum absolute atomic E-state index is 12.6. The summed E-state index contributed by atoms with van der Waals surface area (Å²) in [6.45, 7) is 0. The minimum atomic E-state index is -4.87. The lowest BCUT2D eigenvalue weighted by atomic mass is 10.1. The largest absolute Gasteiger partial charge is 0.322 e. The highest BCUT2D eigenvalue weighted by atomic mass is 32.2. The van der Waals surface area contributed by atoms with E-state index in [1.807, 2.05) is 0 Å². The second-order valence-corrected chi connectivity index (χ2v) is 12.5. The second kappa shape index (κ2) is 10.4. The minimum absolute atomic E-state index is 0.0211. The number of nitrogens with one attached hydrogen (secondary N) is 1. The zero-order valence-corrected chi connectivity index (χ0v) is 21.6. The van der Waals surface area contributed by atoms with Crippen LogP contribution in [-0.4, -0.2) is 51.4 Å². The lowest BCUT2D eigenvalue weighted by Crippen LogP contribution is -2.14. The number of nitrogens with zero attached hydrogens (tertiary/aromatic N) is 1. The number of rotatable bonds is 8. The number of hydrogen-bond donors (Lipinski definition) is 3. The van der Waals surface area contributed by atoms with Crippen molar-refractivity contribution >= 4 is 59.5 Å². The van der Waals surface area contributed by atoms with Gasteiger partial charge in [0, 0.05) is 23.6 Å². The number of carbonyl (C=O) groups is 1. The van der Waals surface area contributed by atoms with Gasteiger partial charge in [-0.15, -0.1) is 0 Å².